The van der Waals surface area contributed by atoms with Crippen molar-refractivity contribution in [2.75, 3.05) is 10.8 Å². The molecule has 4 rings (SSSR count). The van der Waals surface area contributed by atoms with E-state index in [-0.39, 0.29) is 17.5 Å². The van der Waals surface area contributed by atoms with Crippen LogP contribution in [0.25, 0.3) is 6.08 Å². The number of aryl methyl sites for hydroxylation is 4. The van der Waals surface area contributed by atoms with Crippen molar-refractivity contribution in [3.63, 3.8) is 0 Å². The lowest BCUT2D eigenvalue weighted by atomic mass is 10.1. The molecule has 0 aliphatic heterocycles. The van der Waals surface area contributed by atoms with Gasteiger partial charge in [0, 0.05) is 23.7 Å². The molecule has 184 valence electrons. The second kappa shape index (κ2) is 10.2. The van der Waals surface area contributed by atoms with Crippen LogP contribution in [-0.2, 0) is 34.3 Å². The van der Waals surface area contributed by atoms with Crippen molar-refractivity contribution in [3.05, 3.63) is 75.3 Å². The highest BCUT2D eigenvalue weighted by atomic mass is 32.2. The van der Waals surface area contributed by atoms with E-state index in [0.717, 1.165) is 58.9 Å². The molecule has 3 aromatic rings. The van der Waals surface area contributed by atoms with Crippen LogP contribution in [0, 0.1) is 13.8 Å². The number of benzene rings is 2. The molecule has 0 spiro atoms. The molecule has 0 saturated carbocycles. The molecule has 1 heterocycles. The second-order valence-corrected chi connectivity index (χ2v) is 11.4. The standard InChI is InChI=1S/C26H28N2O5S2/c1-4-28(35(31,32)26-27-18(3)16-34-26)23-13-20-6-5-7-21(20)14-24(23)33-15-22-10-8-19(12-17(22)2)9-11-25(29)30/h8-14,16H,4-7,15H2,1-3H3,(H,29,30). The SMILES string of the molecule is CCN(c1cc2c(cc1OCc1ccc(C=CC(=O)O)cc1C)CCC2)S(=O)(=O)c1nc(C)cs1. The number of carboxylic acids is 1. The van der Waals surface area contributed by atoms with Gasteiger partial charge in [-0.2, -0.15) is 8.42 Å². The van der Waals surface area contributed by atoms with Gasteiger partial charge < -0.3 is 9.84 Å². The second-order valence-electron chi connectivity index (χ2n) is 8.51. The Morgan fingerprint density at radius 3 is 2.57 bits per heavy atom. The minimum atomic E-state index is -3.83. The summed E-state index contributed by atoms with van der Waals surface area (Å²) in [6, 6.07) is 9.56. The van der Waals surface area contributed by atoms with Crippen LogP contribution in [0.3, 0.4) is 0 Å². The molecule has 1 aliphatic carbocycles. The van der Waals surface area contributed by atoms with Crippen molar-refractivity contribution >= 4 is 39.1 Å². The van der Waals surface area contributed by atoms with E-state index >= 15 is 0 Å². The third-order valence-electron chi connectivity index (χ3n) is 6.01. The fraction of sp³-hybridized carbons (Fsp3) is 0.308. The summed E-state index contributed by atoms with van der Waals surface area (Å²) in [6.45, 7) is 6.03. The van der Waals surface area contributed by atoms with E-state index in [4.69, 9.17) is 9.84 Å². The first kappa shape index (κ1) is 24.9. The van der Waals surface area contributed by atoms with Crippen molar-refractivity contribution in [1.29, 1.82) is 0 Å². The molecule has 0 radical (unpaired) electrons. The summed E-state index contributed by atoms with van der Waals surface area (Å²) in [5, 5.41) is 10.6. The molecule has 0 amide bonds. The topological polar surface area (TPSA) is 96.8 Å². The molecule has 35 heavy (non-hydrogen) atoms. The number of carbonyl (C=O) groups is 1. The van der Waals surface area contributed by atoms with Gasteiger partial charge in [0.25, 0.3) is 10.0 Å². The summed E-state index contributed by atoms with van der Waals surface area (Å²) in [5.74, 6) is -0.471. The quantitative estimate of drug-likeness (QED) is 0.399. The molecule has 1 aliphatic rings. The van der Waals surface area contributed by atoms with Gasteiger partial charge >= 0.3 is 5.97 Å². The van der Waals surface area contributed by atoms with Crippen LogP contribution < -0.4 is 9.04 Å². The summed E-state index contributed by atoms with van der Waals surface area (Å²) in [4.78, 5) is 15.0. The van der Waals surface area contributed by atoms with E-state index in [0.29, 0.717) is 17.1 Å². The lowest BCUT2D eigenvalue weighted by Crippen LogP contribution is -2.31. The van der Waals surface area contributed by atoms with Crippen LogP contribution in [0.1, 0.15) is 46.9 Å². The van der Waals surface area contributed by atoms with Gasteiger partial charge in [-0.15, -0.1) is 11.3 Å². The zero-order chi connectivity index (χ0) is 25.2. The molecule has 1 aromatic heterocycles. The lowest BCUT2D eigenvalue weighted by molar-refractivity contribution is -0.131. The van der Waals surface area contributed by atoms with Crippen molar-refractivity contribution in [3.8, 4) is 5.75 Å². The summed E-state index contributed by atoms with van der Waals surface area (Å²) in [5.41, 5.74) is 6.22. The summed E-state index contributed by atoms with van der Waals surface area (Å²) in [7, 11) is -3.83. The van der Waals surface area contributed by atoms with Gasteiger partial charge in [-0.1, -0.05) is 18.2 Å². The molecule has 9 heteroatoms. The Morgan fingerprint density at radius 2 is 1.94 bits per heavy atom. The van der Waals surface area contributed by atoms with Crippen LogP contribution >= 0.6 is 11.3 Å². The molecule has 2 aromatic carbocycles. The van der Waals surface area contributed by atoms with Gasteiger partial charge in [-0.25, -0.2) is 9.78 Å². The Labute approximate surface area is 209 Å². The number of nitrogens with zero attached hydrogens (tertiary/aromatic N) is 2. The highest BCUT2D eigenvalue weighted by Gasteiger charge is 2.30. The zero-order valence-corrected chi connectivity index (χ0v) is 21.6. The maximum atomic E-state index is 13.5. The summed E-state index contributed by atoms with van der Waals surface area (Å²) in [6.07, 6.45) is 5.54. The number of sulfonamides is 1. The summed E-state index contributed by atoms with van der Waals surface area (Å²) >= 11 is 1.12. The Morgan fingerprint density at radius 1 is 1.20 bits per heavy atom. The number of anilines is 1. The normalized spacial score (nSPS) is 13.2. The maximum Gasteiger partial charge on any atom is 0.328 e. The van der Waals surface area contributed by atoms with Crippen LogP contribution in [0.5, 0.6) is 5.75 Å². The van der Waals surface area contributed by atoms with Crippen LogP contribution in [0.2, 0.25) is 0 Å². The Balaban J connectivity index is 1.66. The summed E-state index contributed by atoms with van der Waals surface area (Å²) < 4.78 is 34.7. The third kappa shape index (κ3) is 5.41. The number of rotatable bonds is 9. The fourth-order valence-corrected chi connectivity index (χ4v) is 6.83. The number of hydrogen-bond donors (Lipinski definition) is 1. The van der Waals surface area contributed by atoms with Gasteiger partial charge in [-0.05, 0) is 86.1 Å². The number of aromatic nitrogens is 1. The number of hydrogen-bond acceptors (Lipinski definition) is 6. The monoisotopic (exact) mass is 512 g/mol. The van der Waals surface area contributed by atoms with Gasteiger partial charge in [0.2, 0.25) is 4.34 Å². The number of thiazole rings is 1. The van der Waals surface area contributed by atoms with Crippen molar-refractivity contribution in [2.24, 2.45) is 0 Å². The van der Waals surface area contributed by atoms with Crippen LogP contribution in [-0.4, -0.2) is 31.0 Å². The van der Waals surface area contributed by atoms with E-state index in [1.807, 2.05) is 44.2 Å². The zero-order valence-electron chi connectivity index (χ0n) is 19.9. The maximum absolute atomic E-state index is 13.5. The van der Waals surface area contributed by atoms with E-state index in [2.05, 4.69) is 4.98 Å². The fourth-order valence-electron chi connectivity index (χ4n) is 4.22. The first-order chi connectivity index (χ1) is 16.7. The molecule has 0 unspecified atom stereocenters. The molecular weight excluding hydrogens is 484 g/mol. The average molecular weight is 513 g/mol. The molecule has 0 saturated heterocycles. The largest absolute Gasteiger partial charge is 0.487 e. The number of fused-ring (bicyclic) bond motifs is 1. The van der Waals surface area contributed by atoms with Crippen molar-refractivity contribution in [1.82, 2.24) is 4.98 Å². The van der Waals surface area contributed by atoms with Crippen molar-refractivity contribution < 1.29 is 23.1 Å². The predicted molar refractivity (Wildman–Crippen MR) is 138 cm³/mol. The molecular formula is C26H28N2O5S2. The van der Waals surface area contributed by atoms with Gasteiger partial charge in [0.15, 0.2) is 0 Å². The van der Waals surface area contributed by atoms with Gasteiger partial charge in [0.1, 0.15) is 12.4 Å². The van der Waals surface area contributed by atoms with E-state index in [9.17, 15) is 13.2 Å². The number of carboxylic acid groups (broad SMARTS) is 1. The lowest BCUT2D eigenvalue weighted by Gasteiger charge is -2.25. The highest BCUT2D eigenvalue weighted by molar-refractivity contribution is 7.94. The van der Waals surface area contributed by atoms with Crippen LogP contribution in [0.4, 0.5) is 5.69 Å². The predicted octanol–water partition coefficient (Wildman–Crippen LogP) is 5.14. The van der Waals surface area contributed by atoms with Gasteiger partial charge in [-0.3, -0.25) is 4.31 Å². The molecule has 0 bridgehead atoms. The number of ether oxygens (including phenoxy) is 1. The Bertz CT molecular complexity index is 1390. The Kier molecular flexibility index (Phi) is 7.28. The molecule has 1 N–H and O–H groups in total. The minimum absolute atomic E-state index is 0.0733. The minimum Gasteiger partial charge on any atom is -0.487 e. The smallest absolute Gasteiger partial charge is 0.328 e. The van der Waals surface area contributed by atoms with E-state index < -0.39 is 16.0 Å². The van der Waals surface area contributed by atoms with E-state index in [1.165, 1.54) is 9.87 Å². The molecule has 0 atom stereocenters. The average Bonchev–Trinajstić information content (AvgIpc) is 3.46. The first-order valence-electron chi connectivity index (χ1n) is 11.4. The van der Waals surface area contributed by atoms with E-state index in [1.54, 1.807) is 18.4 Å². The first-order valence-corrected chi connectivity index (χ1v) is 13.7. The Hall–Kier alpha value is -3.17. The highest BCUT2D eigenvalue weighted by Crippen LogP contribution is 2.39. The van der Waals surface area contributed by atoms with Crippen molar-refractivity contribution in [2.45, 2.75) is 51.0 Å². The van der Waals surface area contributed by atoms with Crippen LogP contribution in [0.15, 0.2) is 46.1 Å². The molecule has 7 nitrogen and oxygen atoms in total. The van der Waals surface area contributed by atoms with Gasteiger partial charge in [0.05, 0.1) is 5.69 Å². The molecule has 0 fully saturated rings. The third-order valence-corrected chi connectivity index (χ3v) is 9.25. The number of aliphatic carboxylic acids is 1.